The largest absolute Gasteiger partial charge is 0.484 e. The van der Waals surface area contributed by atoms with Crippen LogP contribution in [-0.4, -0.2) is 35.4 Å². The summed E-state index contributed by atoms with van der Waals surface area (Å²) in [4.78, 5) is 27.8. The van der Waals surface area contributed by atoms with Gasteiger partial charge in [0.2, 0.25) is 0 Å². The minimum Gasteiger partial charge on any atom is -0.484 e. The van der Waals surface area contributed by atoms with Gasteiger partial charge < -0.3 is 15.0 Å². The summed E-state index contributed by atoms with van der Waals surface area (Å²) in [5, 5.41) is 3.35. The molecule has 2 aromatic carbocycles. The van der Waals surface area contributed by atoms with Gasteiger partial charge in [0.1, 0.15) is 5.75 Å². The fourth-order valence-electron chi connectivity index (χ4n) is 7.32. The van der Waals surface area contributed by atoms with Crippen LogP contribution in [0.4, 0.5) is 0 Å². The number of nitrogens with one attached hydrogen (secondary N) is 1. The highest BCUT2D eigenvalue weighted by Crippen LogP contribution is 2.55. The van der Waals surface area contributed by atoms with Gasteiger partial charge >= 0.3 is 0 Å². The molecule has 4 saturated carbocycles. The molecule has 0 unspecified atom stereocenters. The van der Waals surface area contributed by atoms with E-state index >= 15 is 0 Å². The quantitative estimate of drug-likeness (QED) is 0.746. The van der Waals surface area contributed by atoms with Crippen molar-refractivity contribution < 1.29 is 14.3 Å². The van der Waals surface area contributed by atoms with Crippen LogP contribution in [0.1, 0.15) is 60.0 Å². The summed E-state index contributed by atoms with van der Waals surface area (Å²) in [6.07, 6.45) is 8.34. The summed E-state index contributed by atoms with van der Waals surface area (Å²) in [6, 6.07) is 15.5. The molecule has 1 aliphatic heterocycles. The summed E-state index contributed by atoms with van der Waals surface area (Å²) < 4.78 is 5.83. The van der Waals surface area contributed by atoms with Gasteiger partial charge in [0, 0.05) is 24.2 Å². The van der Waals surface area contributed by atoms with Gasteiger partial charge in [-0.2, -0.15) is 0 Å². The molecule has 5 heteroatoms. The van der Waals surface area contributed by atoms with E-state index in [4.69, 9.17) is 4.74 Å². The van der Waals surface area contributed by atoms with E-state index in [1.807, 2.05) is 29.2 Å². The number of carbonyl (C=O) groups is 2. The van der Waals surface area contributed by atoms with Gasteiger partial charge in [-0.1, -0.05) is 30.3 Å². The molecule has 4 bridgehead atoms. The summed E-state index contributed by atoms with van der Waals surface area (Å²) in [7, 11) is 0. The third kappa shape index (κ3) is 4.14. The third-order valence-corrected chi connectivity index (χ3v) is 8.31. The number of amides is 2. The van der Waals surface area contributed by atoms with Crippen LogP contribution in [0.25, 0.3) is 0 Å². The lowest BCUT2D eigenvalue weighted by Gasteiger charge is -2.56. The summed E-state index contributed by atoms with van der Waals surface area (Å²) in [5.74, 6) is 2.92. The van der Waals surface area contributed by atoms with Gasteiger partial charge in [0.25, 0.3) is 11.8 Å². The molecule has 2 aromatic rings. The van der Waals surface area contributed by atoms with Gasteiger partial charge in [-0.05, 0) is 92.0 Å². The normalized spacial score (nSPS) is 29.5. The zero-order valence-corrected chi connectivity index (χ0v) is 19.1. The highest BCUT2D eigenvalue weighted by Gasteiger charge is 2.51. The Kier molecular flexibility index (Phi) is 5.16. The first kappa shape index (κ1) is 20.8. The predicted octanol–water partition coefficient (Wildman–Crippen LogP) is 4.35. The van der Waals surface area contributed by atoms with E-state index < -0.39 is 0 Å². The zero-order valence-electron chi connectivity index (χ0n) is 19.1. The molecular formula is C28H32N2O3. The minimum atomic E-state index is -0.0404. The Hall–Kier alpha value is -2.82. The lowest BCUT2D eigenvalue weighted by Crippen LogP contribution is -2.60. The number of benzene rings is 2. The van der Waals surface area contributed by atoms with E-state index in [9.17, 15) is 9.59 Å². The molecule has 0 saturated heterocycles. The fourth-order valence-corrected chi connectivity index (χ4v) is 7.32. The number of nitrogens with zero attached hydrogens (tertiary/aromatic N) is 1. The van der Waals surface area contributed by atoms with Crippen LogP contribution in [0, 0.1) is 17.8 Å². The van der Waals surface area contributed by atoms with Crippen molar-refractivity contribution in [1.82, 2.24) is 10.2 Å². The molecule has 2 amide bonds. The lowest BCUT2D eigenvalue weighted by atomic mass is 9.53. The van der Waals surface area contributed by atoms with Crippen LogP contribution in [0.15, 0.2) is 48.5 Å². The van der Waals surface area contributed by atoms with E-state index in [1.54, 1.807) is 6.07 Å². The van der Waals surface area contributed by atoms with Gasteiger partial charge in [-0.25, -0.2) is 0 Å². The van der Waals surface area contributed by atoms with E-state index in [-0.39, 0.29) is 24.0 Å². The maximum atomic E-state index is 13.1. The molecule has 0 spiro atoms. The number of rotatable bonds is 5. The Morgan fingerprint density at radius 3 is 2.36 bits per heavy atom. The smallest absolute Gasteiger partial charge is 0.258 e. The zero-order chi connectivity index (χ0) is 22.4. The van der Waals surface area contributed by atoms with Crippen molar-refractivity contribution in [3.63, 3.8) is 0 Å². The van der Waals surface area contributed by atoms with Gasteiger partial charge in [-0.15, -0.1) is 0 Å². The maximum Gasteiger partial charge on any atom is 0.258 e. The molecule has 1 heterocycles. The predicted molar refractivity (Wildman–Crippen MR) is 126 cm³/mol. The molecule has 7 rings (SSSR count). The highest BCUT2D eigenvalue weighted by molar-refractivity contribution is 5.94. The number of fused-ring (bicyclic) bond motifs is 1. The van der Waals surface area contributed by atoms with E-state index in [2.05, 4.69) is 23.5 Å². The Balaban J connectivity index is 1.07. The summed E-state index contributed by atoms with van der Waals surface area (Å²) in [6.45, 7) is 1.35. The molecule has 4 aliphatic carbocycles. The second-order valence-electron chi connectivity index (χ2n) is 10.8. The minimum absolute atomic E-state index is 0.00242. The maximum absolute atomic E-state index is 13.1. The molecule has 172 valence electrons. The Morgan fingerprint density at radius 1 is 0.939 bits per heavy atom. The Labute approximate surface area is 195 Å². The fraction of sp³-hybridized carbons (Fsp3) is 0.500. The van der Waals surface area contributed by atoms with Crippen molar-refractivity contribution in [1.29, 1.82) is 0 Å². The SMILES string of the molecule is O=C(COc1cccc(C(=O)N2CCc3ccccc3C2)c1)NC12CC3CC(CC(C3)C1)C2. The standard InChI is InChI=1S/C28H32N2O3/c31-26(29-28-14-19-10-20(15-28)12-21(11-19)16-28)18-33-25-7-3-6-23(13-25)27(32)30-9-8-22-4-1-2-5-24(22)17-30/h1-7,13,19-21H,8-12,14-18H2,(H,29,31). The number of hydrogen-bond acceptors (Lipinski definition) is 3. The van der Waals surface area contributed by atoms with Crippen molar-refractivity contribution in [2.45, 2.75) is 57.0 Å². The van der Waals surface area contributed by atoms with Crippen molar-refractivity contribution in [3.8, 4) is 5.75 Å². The average Bonchev–Trinajstić information content (AvgIpc) is 2.81. The van der Waals surface area contributed by atoms with Crippen molar-refractivity contribution in [2.24, 2.45) is 17.8 Å². The molecule has 4 fully saturated rings. The Morgan fingerprint density at radius 2 is 1.64 bits per heavy atom. The van der Waals surface area contributed by atoms with Crippen LogP contribution in [-0.2, 0) is 17.8 Å². The highest BCUT2D eigenvalue weighted by atomic mass is 16.5. The molecule has 0 radical (unpaired) electrons. The van der Waals surface area contributed by atoms with Gasteiger partial charge in [0.05, 0.1) is 0 Å². The van der Waals surface area contributed by atoms with Crippen LogP contribution >= 0.6 is 0 Å². The molecule has 1 N–H and O–H groups in total. The second-order valence-corrected chi connectivity index (χ2v) is 10.8. The molecule has 5 nitrogen and oxygen atoms in total. The second kappa shape index (κ2) is 8.19. The molecular weight excluding hydrogens is 412 g/mol. The molecule has 33 heavy (non-hydrogen) atoms. The first-order valence-electron chi connectivity index (χ1n) is 12.5. The van der Waals surface area contributed by atoms with E-state index in [0.717, 1.165) is 43.4 Å². The van der Waals surface area contributed by atoms with Crippen LogP contribution in [0.2, 0.25) is 0 Å². The van der Waals surface area contributed by atoms with Crippen LogP contribution in [0.3, 0.4) is 0 Å². The molecule has 0 aromatic heterocycles. The first-order valence-corrected chi connectivity index (χ1v) is 12.5. The summed E-state index contributed by atoms with van der Waals surface area (Å²) >= 11 is 0. The topological polar surface area (TPSA) is 58.6 Å². The first-order chi connectivity index (χ1) is 16.1. The van der Waals surface area contributed by atoms with E-state index in [1.165, 1.54) is 30.4 Å². The van der Waals surface area contributed by atoms with Crippen LogP contribution in [0.5, 0.6) is 5.75 Å². The van der Waals surface area contributed by atoms with Gasteiger partial charge in [-0.3, -0.25) is 9.59 Å². The average molecular weight is 445 g/mol. The summed E-state index contributed by atoms with van der Waals surface area (Å²) in [5.41, 5.74) is 3.14. The van der Waals surface area contributed by atoms with Crippen LogP contribution < -0.4 is 10.1 Å². The molecule has 0 atom stereocenters. The van der Waals surface area contributed by atoms with Crippen molar-refractivity contribution in [2.75, 3.05) is 13.2 Å². The van der Waals surface area contributed by atoms with E-state index in [0.29, 0.717) is 24.4 Å². The lowest BCUT2D eigenvalue weighted by molar-refractivity contribution is -0.128. The molecule has 5 aliphatic rings. The third-order valence-electron chi connectivity index (χ3n) is 8.31. The number of ether oxygens (including phenoxy) is 1. The number of hydrogen-bond donors (Lipinski definition) is 1. The van der Waals surface area contributed by atoms with Crippen molar-refractivity contribution in [3.05, 3.63) is 65.2 Å². The monoisotopic (exact) mass is 444 g/mol. The van der Waals surface area contributed by atoms with Gasteiger partial charge in [0.15, 0.2) is 6.61 Å². The number of carbonyl (C=O) groups excluding carboxylic acids is 2. The van der Waals surface area contributed by atoms with Crippen molar-refractivity contribution >= 4 is 11.8 Å². The Bertz CT molecular complexity index is 1040.